The molecule has 8 nitrogen and oxygen atoms in total. The number of hydrogen-bond acceptors (Lipinski definition) is 6. The monoisotopic (exact) mass is 378 g/mol. The highest BCUT2D eigenvalue weighted by Crippen LogP contribution is 2.23. The van der Waals surface area contributed by atoms with Gasteiger partial charge in [-0.05, 0) is 23.8 Å². The van der Waals surface area contributed by atoms with Gasteiger partial charge in [0.15, 0.2) is 6.61 Å². The van der Waals surface area contributed by atoms with E-state index in [1.807, 2.05) is 6.07 Å². The van der Waals surface area contributed by atoms with Crippen LogP contribution in [-0.2, 0) is 16.1 Å². The Morgan fingerprint density at radius 2 is 2.00 bits per heavy atom. The number of nitrogens with zero attached hydrogens (tertiary/aromatic N) is 1. The molecular formula is C17H15ClN2O6. The second kappa shape index (κ2) is 8.82. The summed E-state index contributed by atoms with van der Waals surface area (Å²) in [6, 6.07) is 10.5. The van der Waals surface area contributed by atoms with Crippen molar-refractivity contribution in [3.63, 3.8) is 0 Å². The minimum absolute atomic E-state index is 0.0575. The van der Waals surface area contributed by atoms with Crippen molar-refractivity contribution in [1.29, 1.82) is 0 Å². The number of amides is 1. The van der Waals surface area contributed by atoms with Gasteiger partial charge in [-0.1, -0.05) is 23.7 Å². The molecule has 0 unspecified atom stereocenters. The quantitative estimate of drug-likeness (QED) is 0.451. The molecule has 0 atom stereocenters. The Balaban J connectivity index is 1.86. The van der Waals surface area contributed by atoms with Crippen LogP contribution in [0, 0.1) is 10.1 Å². The fourth-order valence-electron chi connectivity index (χ4n) is 2.03. The highest BCUT2D eigenvalue weighted by Gasteiger charge is 2.17. The Labute approximate surface area is 153 Å². The molecule has 2 aromatic carbocycles. The summed E-state index contributed by atoms with van der Waals surface area (Å²) in [6.07, 6.45) is 0. The number of non-ortho nitro benzene ring substituents is 1. The number of carbonyl (C=O) groups excluding carboxylic acids is 2. The van der Waals surface area contributed by atoms with E-state index < -0.39 is 23.4 Å². The highest BCUT2D eigenvalue weighted by molar-refractivity contribution is 6.33. The lowest BCUT2D eigenvalue weighted by molar-refractivity contribution is -0.384. The molecule has 0 spiro atoms. The summed E-state index contributed by atoms with van der Waals surface area (Å²) in [5, 5.41) is 13.1. The lowest BCUT2D eigenvalue weighted by Gasteiger charge is -2.08. The van der Waals surface area contributed by atoms with Crippen molar-refractivity contribution in [3.8, 4) is 5.75 Å². The van der Waals surface area contributed by atoms with E-state index in [0.717, 1.165) is 17.7 Å². The van der Waals surface area contributed by atoms with Crippen LogP contribution < -0.4 is 10.1 Å². The zero-order chi connectivity index (χ0) is 19.1. The lowest BCUT2D eigenvalue weighted by Crippen LogP contribution is -2.28. The van der Waals surface area contributed by atoms with Crippen molar-refractivity contribution in [2.75, 3.05) is 13.7 Å². The zero-order valence-electron chi connectivity index (χ0n) is 13.7. The molecule has 0 saturated heterocycles. The molecule has 2 rings (SSSR count). The predicted molar refractivity (Wildman–Crippen MR) is 93.2 cm³/mol. The van der Waals surface area contributed by atoms with Crippen LogP contribution in [0.25, 0.3) is 0 Å². The van der Waals surface area contributed by atoms with Crippen molar-refractivity contribution in [3.05, 3.63) is 68.7 Å². The molecule has 0 fully saturated rings. The molecular weight excluding hydrogens is 364 g/mol. The number of nitrogens with one attached hydrogen (secondary N) is 1. The van der Waals surface area contributed by atoms with Crippen LogP contribution in [0.15, 0.2) is 42.5 Å². The fraction of sp³-hybridized carbons (Fsp3) is 0.176. The molecule has 0 aromatic heterocycles. The number of benzene rings is 2. The number of esters is 1. The first-order valence-corrected chi connectivity index (χ1v) is 7.79. The SMILES string of the molecule is COc1cccc(CNC(=O)COC(=O)c2ccc([N+](=O)[O-])cc2Cl)c1. The summed E-state index contributed by atoms with van der Waals surface area (Å²) in [6.45, 7) is -0.262. The van der Waals surface area contributed by atoms with Crippen LogP contribution in [0.5, 0.6) is 5.75 Å². The van der Waals surface area contributed by atoms with Gasteiger partial charge in [-0.2, -0.15) is 0 Å². The van der Waals surface area contributed by atoms with Gasteiger partial charge in [-0.25, -0.2) is 4.79 Å². The Morgan fingerprint density at radius 1 is 1.23 bits per heavy atom. The average molecular weight is 379 g/mol. The van der Waals surface area contributed by atoms with E-state index in [9.17, 15) is 19.7 Å². The highest BCUT2D eigenvalue weighted by atomic mass is 35.5. The van der Waals surface area contributed by atoms with Gasteiger partial charge in [0.25, 0.3) is 11.6 Å². The van der Waals surface area contributed by atoms with Crippen molar-refractivity contribution in [2.24, 2.45) is 0 Å². The third-order valence-electron chi connectivity index (χ3n) is 3.34. The summed E-state index contributed by atoms with van der Waals surface area (Å²) < 4.78 is 9.96. The van der Waals surface area contributed by atoms with E-state index >= 15 is 0 Å². The third-order valence-corrected chi connectivity index (χ3v) is 3.65. The van der Waals surface area contributed by atoms with Gasteiger partial charge in [-0.15, -0.1) is 0 Å². The van der Waals surface area contributed by atoms with E-state index in [-0.39, 0.29) is 22.8 Å². The van der Waals surface area contributed by atoms with E-state index in [1.54, 1.807) is 25.3 Å². The smallest absolute Gasteiger partial charge is 0.340 e. The molecule has 0 heterocycles. The summed E-state index contributed by atoms with van der Waals surface area (Å²) in [5.41, 5.74) is 0.517. The number of nitro benzene ring substituents is 1. The average Bonchev–Trinajstić information content (AvgIpc) is 2.64. The van der Waals surface area contributed by atoms with Crippen LogP contribution in [0.2, 0.25) is 5.02 Å². The molecule has 2 aromatic rings. The molecule has 0 radical (unpaired) electrons. The Hall–Kier alpha value is -3.13. The molecule has 1 amide bonds. The van der Waals surface area contributed by atoms with Crippen molar-refractivity contribution in [1.82, 2.24) is 5.32 Å². The van der Waals surface area contributed by atoms with Gasteiger partial charge in [0.2, 0.25) is 0 Å². The molecule has 0 aliphatic heterocycles. The van der Waals surface area contributed by atoms with Gasteiger partial charge in [0.05, 0.1) is 22.6 Å². The maximum Gasteiger partial charge on any atom is 0.340 e. The number of rotatable bonds is 7. The summed E-state index contributed by atoms with van der Waals surface area (Å²) in [4.78, 5) is 33.7. The number of hydrogen-bond donors (Lipinski definition) is 1. The first-order valence-electron chi connectivity index (χ1n) is 7.41. The van der Waals surface area contributed by atoms with E-state index in [1.165, 1.54) is 6.07 Å². The van der Waals surface area contributed by atoms with E-state index in [2.05, 4.69) is 5.32 Å². The Kier molecular flexibility index (Phi) is 6.51. The third kappa shape index (κ3) is 5.18. The maximum absolute atomic E-state index is 11.9. The maximum atomic E-state index is 11.9. The lowest BCUT2D eigenvalue weighted by atomic mass is 10.2. The largest absolute Gasteiger partial charge is 0.497 e. The first kappa shape index (κ1) is 19.2. The fourth-order valence-corrected chi connectivity index (χ4v) is 2.28. The molecule has 0 aliphatic carbocycles. The standard InChI is InChI=1S/C17H15ClN2O6/c1-25-13-4-2-3-11(7-13)9-19-16(21)10-26-17(22)14-6-5-12(20(23)24)8-15(14)18/h2-8H,9-10H2,1H3,(H,19,21). The molecule has 26 heavy (non-hydrogen) atoms. The van der Waals surface area contributed by atoms with Gasteiger partial charge in [0, 0.05) is 18.7 Å². The molecule has 136 valence electrons. The van der Waals surface area contributed by atoms with E-state index in [0.29, 0.717) is 5.75 Å². The van der Waals surface area contributed by atoms with Crippen molar-refractivity contribution >= 4 is 29.2 Å². The second-order valence-corrected chi connectivity index (χ2v) is 5.53. The summed E-state index contributed by atoms with van der Waals surface area (Å²) >= 11 is 5.84. The Bertz CT molecular complexity index is 840. The van der Waals surface area contributed by atoms with Crippen LogP contribution in [-0.4, -0.2) is 30.5 Å². The number of halogens is 1. The number of ether oxygens (including phenoxy) is 2. The van der Waals surface area contributed by atoms with Gasteiger partial charge < -0.3 is 14.8 Å². The second-order valence-electron chi connectivity index (χ2n) is 5.13. The molecule has 0 bridgehead atoms. The summed E-state index contributed by atoms with van der Waals surface area (Å²) in [7, 11) is 1.54. The number of carbonyl (C=O) groups is 2. The van der Waals surface area contributed by atoms with Gasteiger partial charge >= 0.3 is 5.97 Å². The van der Waals surface area contributed by atoms with Gasteiger partial charge in [0.1, 0.15) is 5.75 Å². The number of nitro groups is 1. The minimum atomic E-state index is -0.846. The molecule has 0 aliphatic rings. The topological polar surface area (TPSA) is 108 Å². The molecule has 0 saturated carbocycles. The van der Waals surface area contributed by atoms with Crippen LogP contribution in [0.3, 0.4) is 0 Å². The predicted octanol–water partition coefficient (Wildman–Crippen LogP) is 2.73. The van der Waals surface area contributed by atoms with Crippen molar-refractivity contribution < 1.29 is 24.0 Å². The zero-order valence-corrected chi connectivity index (χ0v) is 14.5. The van der Waals surface area contributed by atoms with Crippen LogP contribution >= 0.6 is 11.6 Å². The van der Waals surface area contributed by atoms with Crippen LogP contribution in [0.4, 0.5) is 5.69 Å². The van der Waals surface area contributed by atoms with E-state index in [4.69, 9.17) is 21.1 Å². The molecule has 1 N–H and O–H groups in total. The minimum Gasteiger partial charge on any atom is -0.497 e. The normalized spacial score (nSPS) is 10.1. The first-order chi connectivity index (χ1) is 12.4. The molecule has 9 heteroatoms. The summed E-state index contributed by atoms with van der Waals surface area (Å²) in [5.74, 6) is -0.684. The Morgan fingerprint density at radius 3 is 2.65 bits per heavy atom. The van der Waals surface area contributed by atoms with Crippen molar-refractivity contribution in [2.45, 2.75) is 6.54 Å². The van der Waals surface area contributed by atoms with Crippen LogP contribution in [0.1, 0.15) is 15.9 Å². The van der Waals surface area contributed by atoms with Gasteiger partial charge in [-0.3, -0.25) is 14.9 Å². The number of methoxy groups -OCH3 is 1.